The SMILES string of the molecule is Cn1c(=O)n(C)c2c3c(-c4cc(C(C)(C)C)c5ccccc5c4)nccc3sc21. The van der Waals surface area contributed by atoms with E-state index in [1.54, 1.807) is 20.5 Å². The molecule has 0 saturated carbocycles. The molecule has 29 heavy (non-hydrogen) atoms. The highest BCUT2D eigenvalue weighted by molar-refractivity contribution is 7.25. The van der Waals surface area contributed by atoms with E-state index in [4.69, 9.17) is 4.98 Å². The first kappa shape index (κ1) is 18.1. The Morgan fingerprint density at radius 1 is 1.00 bits per heavy atom. The predicted octanol–water partition coefficient (Wildman–Crippen LogP) is 5.60. The summed E-state index contributed by atoms with van der Waals surface area (Å²) < 4.78 is 4.62. The van der Waals surface area contributed by atoms with Crippen LogP contribution in [0.15, 0.2) is 53.5 Å². The van der Waals surface area contributed by atoms with Crippen molar-refractivity contribution in [2.75, 3.05) is 0 Å². The summed E-state index contributed by atoms with van der Waals surface area (Å²) in [6.45, 7) is 6.74. The van der Waals surface area contributed by atoms with E-state index in [-0.39, 0.29) is 11.1 Å². The van der Waals surface area contributed by atoms with Gasteiger partial charge >= 0.3 is 5.69 Å². The molecule has 4 nitrogen and oxygen atoms in total. The quantitative estimate of drug-likeness (QED) is 0.366. The molecule has 3 heterocycles. The van der Waals surface area contributed by atoms with Gasteiger partial charge in [-0.15, -0.1) is 11.3 Å². The van der Waals surface area contributed by atoms with Gasteiger partial charge in [0, 0.05) is 35.9 Å². The standard InChI is InChI=1S/C24H23N3OS/c1-24(2,3)17-13-15(12-14-8-6-7-9-16(14)17)20-19-18(10-11-25-20)29-22-21(19)26(4)23(28)27(22)5/h6-13H,1-5H3. The lowest BCUT2D eigenvalue weighted by Crippen LogP contribution is -2.19. The van der Waals surface area contributed by atoms with Crippen molar-refractivity contribution in [1.29, 1.82) is 0 Å². The van der Waals surface area contributed by atoms with E-state index in [9.17, 15) is 4.79 Å². The molecule has 0 unspecified atom stereocenters. The van der Waals surface area contributed by atoms with Crippen molar-refractivity contribution < 1.29 is 0 Å². The Labute approximate surface area is 173 Å². The van der Waals surface area contributed by atoms with Gasteiger partial charge in [0.1, 0.15) is 4.83 Å². The van der Waals surface area contributed by atoms with Gasteiger partial charge in [-0.1, -0.05) is 45.0 Å². The third-order valence-corrected chi connectivity index (χ3v) is 6.94. The molecule has 0 amide bonds. The van der Waals surface area contributed by atoms with E-state index >= 15 is 0 Å². The van der Waals surface area contributed by atoms with Crippen LogP contribution in [0.1, 0.15) is 26.3 Å². The molecule has 0 saturated heterocycles. The van der Waals surface area contributed by atoms with E-state index in [0.717, 1.165) is 31.7 Å². The van der Waals surface area contributed by atoms with E-state index in [0.29, 0.717) is 0 Å². The Bertz CT molecular complexity index is 1480. The van der Waals surface area contributed by atoms with Crippen LogP contribution in [0.25, 0.3) is 42.5 Å². The molecule has 146 valence electrons. The Morgan fingerprint density at radius 2 is 1.76 bits per heavy atom. The molecule has 3 aromatic heterocycles. The van der Waals surface area contributed by atoms with Crippen molar-refractivity contribution in [3.8, 4) is 11.3 Å². The van der Waals surface area contributed by atoms with E-state index in [1.165, 1.54) is 16.3 Å². The molecular weight excluding hydrogens is 378 g/mol. The highest BCUT2D eigenvalue weighted by Gasteiger charge is 2.22. The number of rotatable bonds is 1. The summed E-state index contributed by atoms with van der Waals surface area (Å²) in [5.41, 5.74) is 4.30. The zero-order valence-electron chi connectivity index (χ0n) is 17.3. The van der Waals surface area contributed by atoms with Crippen molar-refractivity contribution in [2.45, 2.75) is 26.2 Å². The average Bonchev–Trinajstić information content (AvgIpc) is 3.18. The summed E-state index contributed by atoms with van der Waals surface area (Å²) in [5.74, 6) is 0. The molecule has 0 spiro atoms. The van der Waals surface area contributed by atoms with Crippen molar-refractivity contribution >= 4 is 42.5 Å². The second-order valence-electron chi connectivity index (χ2n) is 8.68. The Kier molecular flexibility index (Phi) is 3.77. The van der Waals surface area contributed by atoms with Crippen molar-refractivity contribution in [3.05, 3.63) is 64.7 Å². The largest absolute Gasteiger partial charge is 0.329 e. The summed E-state index contributed by atoms with van der Waals surface area (Å²) >= 11 is 1.65. The van der Waals surface area contributed by atoms with Crippen LogP contribution in [-0.4, -0.2) is 14.1 Å². The van der Waals surface area contributed by atoms with Crippen molar-refractivity contribution in [1.82, 2.24) is 14.1 Å². The molecule has 0 radical (unpaired) electrons. The van der Waals surface area contributed by atoms with Crippen LogP contribution in [0.3, 0.4) is 0 Å². The van der Waals surface area contributed by atoms with E-state index in [2.05, 4.69) is 57.2 Å². The van der Waals surface area contributed by atoms with Crippen LogP contribution in [0, 0.1) is 0 Å². The van der Waals surface area contributed by atoms with Crippen molar-refractivity contribution in [3.63, 3.8) is 0 Å². The van der Waals surface area contributed by atoms with Gasteiger partial charge in [-0.3, -0.25) is 14.1 Å². The molecule has 2 aromatic carbocycles. The maximum atomic E-state index is 12.5. The highest BCUT2D eigenvalue weighted by atomic mass is 32.1. The third kappa shape index (κ3) is 2.57. The molecule has 0 fully saturated rings. The molecule has 5 heteroatoms. The Hall–Kier alpha value is -2.92. The minimum atomic E-state index is -0.00292. The molecule has 0 N–H and O–H groups in total. The highest BCUT2D eigenvalue weighted by Crippen LogP contribution is 2.40. The third-order valence-electron chi connectivity index (χ3n) is 5.72. The number of aromatic nitrogens is 3. The second-order valence-corrected chi connectivity index (χ2v) is 9.71. The van der Waals surface area contributed by atoms with Gasteiger partial charge in [0.2, 0.25) is 0 Å². The zero-order chi connectivity index (χ0) is 20.5. The van der Waals surface area contributed by atoms with Crippen LogP contribution >= 0.6 is 11.3 Å². The fourth-order valence-corrected chi connectivity index (χ4v) is 5.43. The summed E-state index contributed by atoms with van der Waals surface area (Å²) in [6, 6.07) is 15.1. The second kappa shape index (κ2) is 6.04. The molecule has 0 bridgehead atoms. The minimum Gasteiger partial charge on any atom is -0.293 e. The molecule has 5 aromatic rings. The molecule has 0 atom stereocenters. The molecule has 0 aliphatic rings. The summed E-state index contributed by atoms with van der Waals surface area (Å²) in [7, 11) is 3.68. The summed E-state index contributed by atoms with van der Waals surface area (Å²) in [6.07, 6.45) is 1.87. The minimum absolute atomic E-state index is 0.00292. The number of nitrogens with zero attached hydrogens (tertiary/aromatic N) is 3. The number of pyridine rings is 1. The van der Waals surface area contributed by atoms with Crippen LogP contribution in [0.2, 0.25) is 0 Å². The maximum Gasteiger partial charge on any atom is 0.329 e. The normalized spacial score (nSPS) is 12.4. The van der Waals surface area contributed by atoms with Gasteiger partial charge in [0.25, 0.3) is 0 Å². The monoisotopic (exact) mass is 401 g/mol. The lowest BCUT2D eigenvalue weighted by Gasteiger charge is -2.23. The molecule has 0 aliphatic carbocycles. The van der Waals surface area contributed by atoms with Crippen LogP contribution in [0.5, 0.6) is 0 Å². The molecule has 5 rings (SSSR count). The average molecular weight is 402 g/mol. The van der Waals surface area contributed by atoms with Crippen molar-refractivity contribution in [2.24, 2.45) is 14.1 Å². The fraction of sp³-hybridized carbons (Fsp3) is 0.250. The van der Waals surface area contributed by atoms with Gasteiger partial charge < -0.3 is 0 Å². The van der Waals surface area contributed by atoms with Crippen LogP contribution < -0.4 is 5.69 Å². The first-order chi connectivity index (χ1) is 13.8. The maximum absolute atomic E-state index is 12.5. The Morgan fingerprint density at radius 3 is 2.52 bits per heavy atom. The van der Waals surface area contributed by atoms with Gasteiger partial charge in [-0.25, -0.2) is 4.79 Å². The number of hydrogen-bond donors (Lipinski definition) is 0. The molecule has 0 aliphatic heterocycles. The van der Waals surface area contributed by atoms with E-state index < -0.39 is 0 Å². The number of imidazole rings is 1. The van der Waals surface area contributed by atoms with Gasteiger partial charge in [-0.05, 0) is 39.9 Å². The number of benzene rings is 2. The number of hydrogen-bond acceptors (Lipinski definition) is 3. The zero-order valence-corrected chi connectivity index (χ0v) is 18.1. The summed E-state index contributed by atoms with van der Waals surface area (Å²) in [4.78, 5) is 18.3. The fourth-order valence-electron chi connectivity index (χ4n) is 4.25. The number of fused-ring (bicyclic) bond motifs is 4. The first-order valence-electron chi connectivity index (χ1n) is 9.74. The number of aryl methyl sites for hydroxylation is 2. The lowest BCUT2D eigenvalue weighted by molar-refractivity contribution is 0.596. The van der Waals surface area contributed by atoms with Gasteiger partial charge in [-0.2, -0.15) is 0 Å². The lowest BCUT2D eigenvalue weighted by atomic mass is 9.82. The van der Waals surface area contributed by atoms with Crippen LogP contribution in [-0.2, 0) is 19.5 Å². The van der Waals surface area contributed by atoms with Crippen LogP contribution in [0.4, 0.5) is 0 Å². The molecular formula is C24H23N3OS. The predicted molar refractivity (Wildman–Crippen MR) is 123 cm³/mol. The van der Waals surface area contributed by atoms with E-state index in [1.807, 2.05) is 26.4 Å². The summed E-state index contributed by atoms with van der Waals surface area (Å²) in [5, 5.41) is 3.54. The smallest absolute Gasteiger partial charge is 0.293 e. The topological polar surface area (TPSA) is 39.8 Å². The van der Waals surface area contributed by atoms with Gasteiger partial charge in [0.15, 0.2) is 0 Å². The number of thiophene rings is 1. The first-order valence-corrected chi connectivity index (χ1v) is 10.6. The van der Waals surface area contributed by atoms with Gasteiger partial charge in [0.05, 0.1) is 11.2 Å². The Balaban J connectivity index is 1.93.